The summed E-state index contributed by atoms with van der Waals surface area (Å²) in [5.41, 5.74) is 0. The Morgan fingerprint density at radius 1 is 1.45 bits per heavy atom. The molecule has 0 spiro atoms. The van der Waals surface area contributed by atoms with Crippen molar-refractivity contribution in [1.29, 1.82) is 0 Å². The summed E-state index contributed by atoms with van der Waals surface area (Å²) in [6.45, 7) is 2.96. The van der Waals surface area contributed by atoms with Gasteiger partial charge in [0.05, 0.1) is 12.2 Å². The monoisotopic (exact) mass is 279 g/mol. The Labute approximate surface area is 118 Å². The minimum atomic E-state index is -0.787. The third-order valence-electron chi connectivity index (χ3n) is 3.94. The van der Waals surface area contributed by atoms with E-state index in [1.165, 1.54) is 0 Å². The Hall–Kier alpha value is -1.78. The number of rotatable bonds is 6. The van der Waals surface area contributed by atoms with Gasteiger partial charge < -0.3 is 14.4 Å². The first-order valence-corrected chi connectivity index (χ1v) is 7.14. The van der Waals surface area contributed by atoms with Gasteiger partial charge in [-0.2, -0.15) is 0 Å². The number of carboxylic acids is 1. The van der Waals surface area contributed by atoms with Gasteiger partial charge in [0, 0.05) is 25.9 Å². The molecule has 1 saturated heterocycles. The van der Waals surface area contributed by atoms with E-state index < -0.39 is 11.9 Å². The molecule has 1 amide bonds. The number of carbonyl (C=O) groups is 2. The highest BCUT2D eigenvalue weighted by Crippen LogP contribution is 2.28. The topological polar surface area (TPSA) is 70.8 Å². The van der Waals surface area contributed by atoms with E-state index in [0.717, 1.165) is 18.6 Å². The highest BCUT2D eigenvalue weighted by atomic mass is 16.4. The van der Waals surface area contributed by atoms with Crippen LogP contribution in [0.5, 0.6) is 0 Å². The van der Waals surface area contributed by atoms with Crippen LogP contribution in [0.4, 0.5) is 0 Å². The second-order valence-corrected chi connectivity index (χ2v) is 5.37. The van der Waals surface area contributed by atoms with E-state index >= 15 is 0 Å². The van der Waals surface area contributed by atoms with E-state index in [9.17, 15) is 14.7 Å². The molecule has 1 N–H and O–H groups in total. The average Bonchev–Trinajstić information content (AvgIpc) is 3.05. The largest absolute Gasteiger partial charge is 0.481 e. The number of furan rings is 1. The predicted octanol–water partition coefficient (Wildman–Crippen LogP) is 2.17. The van der Waals surface area contributed by atoms with Gasteiger partial charge in [0.2, 0.25) is 5.91 Å². The molecule has 1 fully saturated rings. The number of hydrogen-bond acceptors (Lipinski definition) is 3. The molecule has 1 aromatic rings. The highest BCUT2D eigenvalue weighted by molar-refractivity contribution is 5.79. The fourth-order valence-corrected chi connectivity index (χ4v) is 2.86. The van der Waals surface area contributed by atoms with Crippen LogP contribution in [-0.4, -0.2) is 35.0 Å². The summed E-state index contributed by atoms with van der Waals surface area (Å²) < 4.78 is 5.20. The summed E-state index contributed by atoms with van der Waals surface area (Å²) in [6.07, 6.45) is 4.34. The quantitative estimate of drug-likeness (QED) is 0.866. The lowest BCUT2D eigenvalue weighted by Crippen LogP contribution is -2.30. The molecule has 1 aromatic heterocycles. The van der Waals surface area contributed by atoms with E-state index in [2.05, 4.69) is 0 Å². The zero-order valence-corrected chi connectivity index (χ0v) is 11.7. The molecule has 5 nitrogen and oxygen atoms in total. The molecule has 1 aliphatic rings. The number of amides is 1. The van der Waals surface area contributed by atoms with Crippen LogP contribution in [0.2, 0.25) is 0 Å². The van der Waals surface area contributed by atoms with E-state index in [1.807, 2.05) is 13.0 Å². The maximum absolute atomic E-state index is 12.1. The second kappa shape index (κ2) is 6.59. The molecule has 2 unspecified atom stereocenters. The minimum Gasteiger partial charge on any atom is -0.481 e. The van der Waals surface area contributed by atoms with Gasteiger partial charge in [-0.1, -0.05) is 13.3 Å². The maximum atomic E-state index is 12.1. The van der Waals surface area contributed by atoms with Gasteiger partial charge >= 0.3 is 5.97 Å². The van der Waals surface area contributed by atoms with Crippen molar-refractivity contribution in [3.05, 3.63) is 24.2 Å². The average molecular weight is 279 g/mol. The van der Waals surface area contributed by atoms with Gasteiger partial charge in [-0.25, -0.2) is 0 Å². The van der Waals surface area contributed by atoms with Gasteiger partial charge in [0.1, 0.15) is 5.76 Å². The lowest BCUT2D eigenvalue weighted by atomic mass is 9.92. The van der Waals surface area contributed by atoms with Crippen LogP contribution in [0.3, 0.4) is 0 Å². The predicted molar refractivity (Wildman–Crippen MR) is 73.1 cm³/mol. The van der Waals surface area contributed by atoms with Crippen LogP contribution < -0.4 is 0 Å². The molecule has 2 rings (SSSR count). The third-order valence-corrected chi connectivity index (χ3v) is 3.94. The Kier molecular flexibility index (Phi) is 4.82. The molecular weight excluding hydrogens is 258 g/mol. The lowest BCUT2D eigenvalue weighted by molar-refractivity contribution is -0.142. The molecule has 0 bridgehead atoms. The first kappa shape index (κ1) is 14.6. The molecule has 0 aromatic carbocycles. The molecule has 0 radical (unpaired) electrons. The fraction of sp³-hybridized carbons (Fsp3) is 0.600. The Morgan fingerprint density at radius 2 is 2.25 bits per heavy atom. The summed E-state index contributed by atoms with van der Waals surface area (Å²) >= 11 is 0. The van der Waals surface area contributed by atoms with Crippen molar-refractivity contribution >= 4 is 11.9 Å². The second-order valence-electron chi connectivity index (χ2n) is 5.37. The van der Waals surface area contributed by atoms with Crippen LogP contribution in [0.1, 0.15) is 31.9 Å². The number of nitrogens with zero attached hydrogens (tertiary/aromatic N) is 1. The minimum absolute atomic E-state index is 0.0197. The normalized spacial score (nSPS) is 22.1. The van der Waals surface area contributed by atoms with Crippen molar-refractivity contribution in [1.82, 2.24) is 4.90 Å². The number of aliphatic carboxylic acids is 1. The molecule has 0 saturated carbocycles. The molecule has 5 heteroatoms. The number of hydrogen-bond donors (Lipinski definition) is 1. The van der Waals surface area contributed by atoms with E-state index in [0.29, 0.717) is 25.9 Å². The van der Waals surface area contributed by atoms with Crippen molar-refractivity contribution < 1.29 is 19.1 Å². The van der Waals surface area contributed by atoms with Crippen molar-refractivity contribution in [2.24, 2.45) is 11.8 Å². The molecule has 0 aliphatic carbocycles. The number of carboxylic acid groups (broad SMARTS) is 1. The summed E-state index contributed by atoms with van der Waals surface area (Å²) in [4.78, 5) is 25.1. The van der Waals surface area contributed by atoms with Crippen LogP contribution >= 0.6 is 0 Å². The first-order valence-electron chi connectivity index (χ1n) is 7.14. The van der Waals surface area contributed by atoms with E-state index in [1.54, 1.807) is 17.2 Å². The Morgan fingerprint density at radius 3 is 2.85 bits per heavy atom. The van der Waals surface area contributed by atoms with Gasteiger partial charge in [-0.15, -0.1) is 0 Å². The van der Waals surface area contributed by atoms with Gasteiger partial charge in [-0.05, 0) is 24.5 Å². The van der Waals surface area contributed by atoms with Gasteiger partial charge in [0.25, 0.3) is 0 Å². The van der Waals surface area contributed by atoms with Crippen LogP contribution in [0.25, 0.3) is 0 Å². The standard InChI is InChI=1S/C15H21NO4/c1-2-4-11-9-16(10-13(11)15(18)19)14(17)7-6-12-5-3-8-20-12/h3,5,8,11,13H,2,4,6-7,9-10H2,1H3,(H,18,19). The van der Waals surface area contributed by atoms with Gasteiger partial charge in [0.15, 0.2) is 0 Å². The van der Waals surface area contributed by atoms with Crippen molar-refractivity contribution in [3.63, 3.8) is 0 Å². The Balaban J connectivity index is 1.89. The smallest absolute Gasteiger partial charge is 0.308 e. The van der Waals surface area contributed by atoms with Gasteiger partial charge in [-0.3, -0.25) is 9.59 Å². The lowest BCUT2D eigenvalue weighted by Gasteiger charge is -2.15. The van der Waals surface area contributed by atoms with E-state index in [4.69, 9.17) is 4.42 Å². The maximum Gasteiger partial charge on any atom is 0.308 e. The fourth-order valence-electron chi connectivity index (χ4n) is 2.86. The molecule has 110 valence electrons. The SMILES string of the molecule is CCCC1CN(C(=O)CCc2ccco2)CC1C(=O)O. The molecule has 20 heavy (non-hydrogen) atoms. The van der Waals surface area contributed by atoms with Crippen LogP contribution in [0, 0.1) is 11.8 Å². The summed E-state index contributed by atoms with van der Waals surface area (Å²) in [6, 6.07) is 3.64. The summed E-state index contributed by atoms with van der Waals surface area (Å²) in [5, 5.41) is 9.24. The van der Waals surface area contributed by atoms with Crippen molar-refractivity contribution in [3.8, 4) is 0 Å². The van der Waals surface area contributed by atoms with Crippen molar-refractivity contribution in [2.45, 2.75) is 32.6 Å². The first-order chi connectivity index (χ1) is 9.61. The summed E-state index contributed by atoms with van der Waals surface area (Å²) in [5.74, 6) is -0.305. The van der Waals surface area contributed by atoms with Crippen LogP contribution in [0.15, 0.2) is 22.8 Å². The van der Waals surface area contributed by atoms with Crippen LogP contribution in [-0.2, 0) is 16.0 Å². The zero-order valence-electron chi connectivity index (χ0n) is 11.7. The number of aryl methyl sites for hydroxylation is 1. The molecule has 2 atom stereocenters. The molecule has 2 heterocycles. The Bertz CT molecular complexity index is 454. The highest BCUT2D eigenvalue weighted by Gasteiger charge is 2.38. The van der Waals surface area contributed by atoms with Crippen molar-refractivity contribution in [2.75, 3.05) is 13.1 Å². The number of carbonyl (C=O) groups excluding carboxylic acids is 1. The zero-order chi connectivity index (χ0) is 14.5. The third kappa shape index (κ3) is 3.40. The molecule has 1 aliphatic heterocycles. The van der Waals surface area contributed by atoms with E-state index in [-0.39, 0.29) is 11.8 Å². The number of likely N-dealkylation sites (tertiary alicyclic amines) is 1. The molecular formula is C15H21NO4. The summed E-state index contributed by atoms with van der Waals surface area (Å²) in [7, 11) is 0.